The average Bonchev–Trinajstić information content (AvgIpc) is 2.67. The first-order valence-corrected chi connectivity index (χ1v) is 10.7. The van der Waals surface area contributed by atoms with Crippen molar-refractivity contribution in [2.24, 2.45) is 0 Å². The highest BCUT2D eigenvalue weighted by molar-refractivity contribution is 7.89. The highest BCUT2D eigenvalue weighted by atomic mass is 32.2. The molecular formula is C21H29N3O4S. The normalized spacial score (nSPS) is 12.8. The van der Waals surface area contributed by atoms with Crippen molar-refractivity contribution in [1.29, 1.82) is 0 Å². The summed E-state index contributed by atoms with van der Waals surface area (Å²) in [5.41, 5.74) is 2.55. The van der Waals surface area contributed by atoms with Gasteiger partial charge in [0, 0.05) is 31.9 Å². The fourth-order valence-electron chi connectivity index (χ4n) is 2.83. The van der Waals surface area contributed by atoms with Crippen LogP contribution in [-0.2, 0) is 21.4 Å². The summed E-state index contributed by atoms with van der Waals surface area (Å²) in [6.07, 6.45) is 0. The van der Waals surface area contributed by atoms with E-state index in [4.69, 9.17) is 4.74 Å². The number of benzene rings is 2. The lowest BCUT2D eigenvalue weighted by Crippen LogP contribution is -2.39. The zero-order chi connectivity index (χ0) is 21.8. The van der Waals surface area contributed by atoms with Gasteiger partial charge in [0.25, 0.3) is 0 Å². The number of ether oxygens (including phenoxy) is 1. The van der Waals surface area contributed by atoms with Crippen molar-refractivity contribution in [3.8, 4) is 5.75 Å². The van der Waals surface area contributed by atoms with Crippen LogP contribution in [0, 0.1) is 6.92 Å². The topological polar surface area (TPSA) is 79.0 Å². The number of aryl methyl sites for hydroxylation is 1. The van der Waals surface area contributed by atoms with Gasteiger partial charge in [0.05, 0.1) is 18.0 Å². The fourth-order valence-corrected chi connectivity index (χ4v) is 3.78. The molecule has 2 aromatic rings. The minimum atomic E-state index is -3.57. The lowest BCUT2D eigenvalue weighted by molar-refractivity contribution is -0.120. The van der Waals surface area contributed by atoms with Gasteiger partial charge in [-0.2, -0.15) is 0 Å². The third-order valence-corrected chi connectivity index (χ3v) is 6.59. The van der Waals surface area contributed by atoms with E-state index < -0.39 is 16.1 Å². The van der Waals surface area contributed by atoms with Crippen molar-refractivity contribution in [3.63, 3.8) is 0 Å². The highest BCUT2D eigenvalue weighted by Crippen LogP contribution is 2.22. The monoisotopic (exact) mass is 419 g/mol. The minimum absolute atomic E-state index is 0.130. The van der Waals surface area contributed by atoms with Crippen LogP contribution in [0.1, 0.15) is 18.1 Å². The first-order valence-electron chi connectivity index (χ1n) is 9.23. The van der Waals surface area contributed by atoms with E-state index in [2.05, 4.69) is 5.32 Å². The molecule has 29 heavy (non-hydrogen) atoms. The Morgan fingerprint density at radius 1 is 1.14 bits per heavy atom. The summed E-state index contributed by atoms with van der Waals surface area (Å²) in [6, 6.07) is 11.7. The smallest absolute Gasteiger partial charge is 0.242 e. The van der Waals surface area contributed by atoms with Crippen molar-refractivity contribution in [2.75, 3.05) is 33.6 Å². The molecule has 0 aliphatic heterocycles. The summed E-state index contributed by atoms with van der Waals surface area (Å²) < 4.78 is 31.1. The van der Waals surface area contributed by atoms with Crippen molar-refractivity contribution >= 4 is 21.6 Å². The number of sulfonamides is 1. The predicted molar refractivity (Wildman–Crippen MR) is 115 cm³/mol. The molecule has 2 rings (SSSR count). The van der Waals surface area contributed by atoms with Gasteiger partial charge >= 0.3 is 0 Å². The van der Waals surface area contributed by atoms with Gasteiger partial charge in [-0.25, -0.2) is 12.7 Å². The van der Waals surface area contributed by atoms with Crippen LogP contribution in [0.15, 0.2) is 47.4 Å². The van der Waals surface area contributed by atoms with Gasteiger partial charge in [0.2, 0.25) is 15.9 Å². The molecule has 0 radical (unpaired) electrons. The van der Waals surface area contributed by atoms with E-state index in [-0.39, 0.29) is 10.8 Å². The molecule has 0 saturated heterocycles. The Morgan fingerprint density at radius 3 is 2.45 bits per heavy atom. The number of hydrogen-bond donors (Lipinski definition) is 1. The molecule has 7 nitrogen and oxygen atoms in total. The maximum atomic E-state index is 12.7. The molecule has 0 saturated carbocycles. The molecule has 1 amide bonds. The minimum Gasteiger partial charge on any atom is -0.496 e. The first kappa shape index (κ1) is 22.9. The van der Waals surface area contributed by atoms with Crippen LogP contribution in [0.3, 0.4) is 0 Å². The van der Waals surface area contributed by atoms with E-state index >= 15 is 0 Å². The van der Waals surface area contributed by atoms with Crippen molar-refractivity contribution < 1.29 is 17.9 Å². The Kier molecular flexibility index (Phi) is 7.40. The molecule has 1 atom stereocenters. The van der Waals surface area contributed by atoms with Gasteiger partial charge in [0.1, 0.15) is 5.75 Å². The predicted octanol–water partition coefficient (Wildman–Crippen LogP) is 2.71. The number of methoxy groups -OCH3 is 1. The molecule has 0 bridgehead atoms. The average molecular weight is 420 g/mol. The largest absolute Gasteiger partial charge is 0.496 e. The van der Waals surface area contributed by atoms with Crippen LogP contribution < -0.4 is 10.1 Å². The number of amides is 1. The zero-order valence-corrected chi connectivity index (χ0v) is 18.6. The van der Waals surface area contributed by atoms with Gasteiger partial charge in [-0.1, -0.05) is 23.8 Å². The van der Waals surface area contributed by atoms with Crippen LogP contribution in [0.25, 0.3) is 0 Å². The molecule has 0 unspecified atom stereocenters. The standard InChI is InChI=1S/C21H29N3O4S/c1-15-10-11-20(28-6)17(12-15)14-24(5)16(2)21(25)22-18-8-7-9-19(13-18)29(26,27)23(3)4/h7-13,16H,14H2,1-6H3,(H,22,25)/t16-/m0/s1. The maximum Gasteiger partial charge on any atom is 0.242 e. The summed E-state index contributed by atoms with van der Waals surface area (Å²) in [6.45, 7) is 4.35. The number of carbonyl (C=O) groups excluding carboxylic acids is 1. The van der Waals surface area contributed by atoms with E-state index in [1.807, 2.05) is 37.1 Å². The molecule has 0 fully saturated rings. The summed E-state index contributed by atoms with van der Waals surface area (Å²) in [5, 5.41) is 2.80. The van der Waals surface area contributed by atoms with Gasteiger partial charge < -0.3 is 10.1 Å². The Morgan fingerprint density at radius 2 is 1.83 bits per heavy atom. The Bertz CT molecular complexity index is 974. The molecule has 0 aliphatic rings. The third kappa shape index (κ3) is 5.56. The number of carbonyl (C=O) groups is 1. The van der Waals surface area contributed by atoms with Crippen LogP contribution in [0.4, 0.5) is 5.69 Å². The van der Waals surface area contributed by atoms with E-state index in [0.29, 0.717) is 12.2 Å². The second-order valence-electron chi connectivity index (χ2n) is 7.21. The quantitative estimate of drug-likeness (QED) is 0.712. The van der Waals surface area contributed by atoms with E-state index in [1.54, 1.807) is 26.2 Å². The lowest BCUT2D eigenvalue weighted by atomic mass is 10.1. The van der Waals surface area contributed by atoms with Crippen molar-refractivity contribution in [2.45, 2.75) is 31.3 Å². The first-order chi connectivity index (χ1) is 13.6. The van der Waals surface area contributed by atoms with Crippen LogP contribution >= 0.6 is 0 Å². The SMILES string of the molecule is COc1ccc(C)cc1CN(C)[C@@H](C)C(=O)Nc1cccc(S(=O)(=O)N(C)C)c1. The summed E-state index contributed by atoms with van der Waals surface area (Å²) in [7, 11) is 2.86. The molecule has 8 heteroatoms. The Hall–Kier alpha value is -2.42. The van der Waals surface area contributed by atoms with Crippen molar-refractivity contribution in [1.82, 2.24) is 9.21 Å². The number of nitrogens with one attached hydrogen (secondary N) is 1. The number of likely N-dealkylation sites (N-methyl/N-ethyl adjacent to an activating group) is 1. The van der Waals surface area contributed by atoms with E-state index in [1.165, 1.54) is 26.2 Å². The number of hydrogen-bond acceptors (Lipinski definition) is 5. The van der Waals surface area contributed by atoms with Gasteiger partial charge in [0.15, 0.2) is 0 Å². The van der Waals surface area contributed by atoms with Gasteiger partial charge in [-0.15, -0.1) is 0 Å². The molecule has 1 N–H and O–H groups in total. The Balaban J connectivity index is 2.12. The van der Waals surface area contributed by atoms with Crippen LogP contribution in [0.2, 0.25) is 0 Å². The zero-order valence-electron chi connectivity index (χ0n) is 17.8. The lowest BCUT2D eigenvalue weighted by Gasteiger charge is -2.25. The highest BCUT2D eigenvalue weighted by Gasteiger charge is 2.21. The summed E-state index contributed by atoms with van der Waals surface area (Å²) >= 11 is 0. The molecule has 0 aliphatic carbocycles. The number of nitrogens with zero attached hydrogens (tertiary/aromatic N) is 2. The summed E-state index contributed by atoms with van der Waals surface area (Å²) in [5.74, 6) is 0.551. The fraction of sp³-hybridized carbons (Fsp3) is 0.381. The Labute approximate surface area is 173 Å². The van der Waals surface area contributed by atoms with Crippen molar-refractivity contribution in [3.05, 3.63) is 53.6 Å². The van der Waals surface area contributed by atoms with Crippen LogP contribution in [0.5, 0.6) is 5.75 Å². The molecule has 158 valence electrons. The van der Waals surface area contributed by atoms with E-state index in [9.17, 15) is 13.2 Å². The molecular weight excluding hydrogens is 390 g/mol. The second-order valence-corrected chi connectivity index (χ2v) is 9.36. The van der Waals surface area contributed by atoms with E-state index in [0.717, 1.165) is 21.2 Å². The number of rotatable bonds is 8. The third-order valence-electron chi connectivity index (χ3n) is 4.78. The molecule has 0 aromatic heterocycles. The second kappa shape index (κ2) is 9.39. The summed E-state index contributed by atoms with van der Waals surface area (Å²) in [4.78, 5) is 14.8. The molecule has 0 spiro atoms. The molecule has 2 aromatic carbocycles. The molecule has 0 heterocycles. The maximum absolute atomic E-state index is 12.7. The number of anilines is 1. The van der Waals surface area contributed by atoms with Gasteiger partial charge in [-0.3, -0.25) is 9.69 Å². The van der Waals surface area contributed by atoms with Gasteiger partial charge in [-0.05, 0) is 45.2 Å². The van der Waals surface area contributed by atoms with Crippen LogP contribution in [-0.4, -0.2) is 57.8 Å².